The molecule has 1 fully saturated rings. The zero-order valence-corrected chi connectivity index (χ0v) is 9.62. The summed E-state index contributed by atoms with van der Waals surface area (Å²) in [4.78, 5) is 11.9. The Balaban J connectivity index is 2.05. The Hall–Kier alpha value is -1.35. The molecule has 3 nitrogen and oxygen atoms in total. The molecule has 1 aromatic rings. The van der Waals surface area contributed by atoms with Crippen LogP contribution in [0.25, 0.3) is 0 Å². The van der Waals surface area contributed by atoms with Gasteiger partial charge in [-0.1, -0.05) is 25.1 Å². The molecule has 0 aromatic heterocycles. The Labute approximate surface area is 96.2 Å². The van der Waals surface area contributed by atoms with Crippen molar-refractivity contribution >= 4 is 11.6 Å². The number of carbonyl (C=O) groups is 1. The van der Waals surface area contributed by atoms with Crippen LogP contribution in [0.1, 0.15) is 25.3 Å². The summed E-state index contributed by atoms with van der Waals surface area (Å²) in [5.74, 6) is 0.0957. The lowest BCUT2D eigenvalue weighted by atomic mass is 10.1. The van der Waals surface area contributed by atoms with Gasteiger partial charge in [0.05, 0.1) is 6.04 Å². The van der Waals surface area contributed by atoms with Crippen LogP contribution < -0.4 is 10.6 Å². The maximum Gasteiger partial charge on any atom is 0.241 e. The van der Waals surface area contributed by atoms with Gasteiger partial charge < -0.3 is 10.6 Å². The van der Waals surface area contributed by atoms with Gasteiger partial charge >= 0.3 is 0 Å². The van der Waals surface area contributed by atoms with Crippen molar-refractivity contribution in [2.45, 2.75) is 32.2 Å². The number of carbonyl (C=O) groups excluding carboxylic acids is 1. The molecule has 1 aliphatic rings. The third-order valence-electron chi connectivity index (χ3n) is 3.03. The maximum absolute atomic E-state index is 11.9. The minimum absolute atomic E-state index is 0.00934. The third kappa shape index (κ3) is 2.42. The minimum atomic E-state index is -0.00934. The van der Waals surface area contributed by atoms with Crippen LogP contribution in [0.2, 0.25) is 0 Å². The summed E-state index contributed by atoms with van der Waals surface area (Å²) in [6.07, 6.45) is 2.97. The molecule has 0 bridgehead atoms. The van der Waals surface area contributed by atoms with Gasteiger partial charge in [-0.25, -0.2) is 0 Å². The van der Waals surface area contributed by atoms with Crippen LogP contribution in [0.4, 0.5) is 5.69 Å². The number of hydrogen-bond donors (Lipinski definition) is 2. The summed E-state index contributed by atoms with van der Waals surface area (Å²) in [5, 5.41) is 6.20. The number of nitrogens with one attached hydrogen (secondary N) is 2. The van der Waals surface area contributed by atoms with Gasteiger partial charge in [0.2, 0.25) is 5.91 Å². The number of aryl methyl sites for hydroxylation is 1. The molecule has 0 aliphatic carbocycles. The number of benzene rings is 1. The van der Waals surface area contributed by atoms with Crippen molar-refractivity contribution in [2.24, 2.45) is 0 Å². The van der Waals surface area contributed by atoms with Crippen LogP contribution in [0.15, 0.2) is 24.3 Å². The quantitative estimate of drug-likeness (QED) is 0.814. The first kappa shape index (κ1) is 11.1. The van der Waals surface area contributed by atoms with E-state index in [-0.39, 0.29) is 11.9 Å². The van der Waals surface area contributed by atoms with Gasteiger partial charge in [-0.15, -0.1) is 0 Å². The Morgan fingerprint density at radius 3 is 3.00 bits per heavy atom. The van der Waals surface area contributed by atoms with E-state index in [0.717, 1.165) is 31.5 Å². The van der Waals surface area contributed by atoms with E-state index >= 15 is 0 Å². The second-order valence-corrected chi connectivity index (χ2v) is 4.15. The van der Waals surface area contributed by atoms with E-state index < -0.39 is 0 Å². The summed E-state index contributed by atoms with van der Waals surface area (Å²) < 4.78 is 0. The molecule has 0 unspecified atom stereocenters. The molecule has 3 heteroatoms. The Morgan fingerprint density at radius 1 is 1.50 bits per heavy atom. The molecule has 1 aromatic carbocycles. The Kier molecular flexibility index (Phi) is 3.57. The number of para-hydroxylation sites is 1. The molecule has 2 rings (SSSR count). The molecule has 0 saturated carbocycles. The molecular formula is C13H18N2O. The van der Waals surface area contributed by atoms with E-state index in [2.05, 4.69) is 23.6 Å². The van der Waals surface area contributed by atoms with Crippen LogP contribution in [-0.4, -0.2) is 18.5 Å². The molecule has 0 spiro atoms. The number of rotatable bonds is 3. The summed E-state index contributed by atoms with van der Waals surface area (Å²) in [5.41, 5.74) is 2.14. The van der Waals surface area contributed by atoms with Crippen molar-refractivity contribution in [3.8, 4) is 0 Å². The molecule has 86 valence electrons. The fourth-order valence-electron chi connectivity index (χ4n) is 2.08. The normalized spacial score (nSPS) is 19.7. The molecular weight excluding hydrogens is 200 g/mol. The average molecular weight is 218 g/mol. The first-order valence-corrected chi connectivity index (χ1v) is 5.93. The number of anilines is 1. The van der Waals surface area contributed by atoms with Gasteiger partial charge in [-0.3, -0.25) is 4.79 Å². The highest BCUT2D eigenvalue weighted by Crippen LogP contribution is 2.16. The van der Waals surface area contributed by atoms with Crippen molar-refractivity contribution in [3.63, 3.8) is 0 Å². The molecule has 2 N–H and O–H groups in total. The average Bonchev–Trinajstić information content (AvgIpc) is 2.83. The number of amides is 1. The summed E-state index contributed by atoms with van der Waals surface area (Å²) in [6, 6.07) is 7.97. The van der Waals surface area contributed by atoms with Gasteiger partial charge in [0.25, 0.3) is 0 Å². The summed E-state index contributed by atoms with van der Waals surface area (Å²) in [6.45, 7) is 3.05. The SMILES string of the molecule is CCc1ccccc1NC(=O)[C@H]1CCCN1. The van der Waals surface area contributed by atoms with E-state index in [4.69, 9.17) is 0 Å². The summed E-state index contributed by atoms with van der Waals surface area (Å²) in [7, 11) is 0. The van der Waals surface area contributed by atoms with Crippen molar-refractivity contribution in [1.29, 1.82) is 0 Å². The number of hydrogen-bond acceptors (Lipinski definition) is 2. The molecule has 0 radical (unpaired) electrons. The van der Waals surface area contributed by atoms with E-state index in [1.54, 1.807) is 0 Å². The zero-order valence-electron chi connectivity index (χ0n) is 9.62. The van der Waals surface area contributed by atoms with Crippen molar-refractivity contribution in [2.75, 3.05) is 11.9 Å². The standard InChI is InChI=1S/C13H18N2O/c1-2-10-6-3-4-7-11(10)15-13(16)12-8-5-9-14-12/h3-4,6-7,12,14H,2,5,8-9H2,1H3,(H,15,16)/t12-/m1/s1. The molecule has 1 amide bonds. The van der Waals surface area contributed by atoms with Crippen molar-refractivity contribution < 1.29 is 4.79 Å². The van der Waals surface area contributed by atoms with Crippen molar-refractivity contribution in [3.05, 3.63) is 29.8 Å². The smallest absolute Gasteiger partial charge is 0.241 e. The van der Waals surface area contributed by atoms with Crippen LogP contribution >= 0.6 is 0 Å². The van der Waals surface area contributed by atoms with Crippen molar-refractivity contribution in [1.82, 2.24) is 5.32 Å². The van der Waals surface area contributed by atoms with Crippen LogP contribution in [0.5, 0.6) is 0 Å². The fourth-order valence-corrected chi connectivity index (χ4v) is 2.08. The monoisotopic (exact) mass is 218 g/mol. The maximum atomic E-state index is 11.9. The second-order valence-electron chi connectivity index (χ2n) is 4.15. The lowest BCUT2D eigenvalue weighted by Gasteiger charge is -2.13. The highest BCUT2D eigenvalue weighted by atomic mass is 16.2. The van der Waals surface area contributed by atoms with Crippen LogP contribution in [-0.2, 0) is 11.2 Å². The largest absolute Gasteiger partial charge is 0.324 e. The van der Waals surface area contributed by atoms with Gasteiger partial charge in [0.1, 0.15) is 0 Å². The third-order valence-corrected chi connectivity index (χ3v) is 3.03. The van der Waals surface area contributed by atoms with Gasteiger partial charge in [-0.05, 0) is 37.4 Å². The van der Waals surface area contributed by atoms with E-state index in [1.165, 1.54) is 5.56 Å². The van der Waals surface area contributed by atoms with Gasteiger partial charge in [0.15, 0.2) is 0 Å². The lowest BCUT2D eigenvalue weighted by molar-refractivity contribution is -0.117. The van der Waals surface area contributed by atoms with E-state index in [0.29, 0.717) is 0 Å². The highest BCUT2D eigenvalue weighted by molar-refractivity contribution is 5.95. The van der Waals surface area contributed by atoms with Crippen LogP contribution in [0, 0.1) is 0 Å². The second kappa shape index (κ2) is 5.12. The predicted octanol–water partition coefficient (Wildman–Crippen LogP) is 1.94. The summed E-state index contributed by atoms with van der Waals surface area (Å²) >= 11 is 0. The predicted molar refractivity (Wildman–Crippen MR) is 65.5 cm³/mol. The van der Waals surface area contributed by atoms with Crippen LogP contribution in [0.3, 0.4) is 0 Å². The van der Waals surface area contributed by atoms with E-state index in [9.17, 15) is 4.79 Å². The minimum Gasteiger partial charge on any atom is -0.324 e. The van der Waals surface area contributed by atoms with E-state index in [1.807, 2.05) is 18.2 Å². The first-order valence-electron chi connectivity index (χ1n) is 5.93. The lowest BCUT2D eigenvalue weighted by Crippen LogP contribution is -2.35. The van der Waals surface area contributed by atoms with Gasteiger partial charge in [-0.2, -0.15) is 0 Å². The molecule has 1 heterocycles. The van der Waals surface area contributed by atoms with Gasteiger partial charge in [0, 0.05) is 5.69 Å². The molecule has 1 atom stereocenters. The molecule has 16 heavy (non-hydrogen) atoms. The fraction of sp³-hybridized carbons (Fsp3) is 0.462. The molecule has 1 aliphatic heterocycles. The highest BCUT2D eigenvalue weighted by Gasteiger charge is 2.22. The topological polar surface area (TPSA) is 41.1 Å². The Morgan fingerprint density at radius 2 is 2.31 bits per heavy atom. The first-order chi connectivity index (χ1) is 7.81. The molecule has 1 saturated heterocycles. The zero-order chi connectivity index (χ0) is 11.4. The Bertz CT molecular complexity index is 370.